The van der Waals surface area contributed by atoms with E-state index in [9.17, 15) is 23.1 Å². The highest BCUT2D eigenvalue weighted by Crippen LogP contribution is 2.33. The molecule has 144 valence electrons. The molecule has 3 rings (SSSR count). The van der Waals surface area contributed by atoms with E-state index in [1.165, 1.54) is 17.0 Å². The number of nitrogens with one attached hydrogen (secondary N) is 1. The van der Waals surface area contributed by atoms with Gasteiger partial charge in [0.05, 0.1) is 18.7 Å². The van der Waals surface area contributed by atoms with E-state index in [1.807, 2.05) is 30.3 Å². The normalized spacial score (nSPS) is 20.0. The van der Waals surface area contributed by atoms with Gasteiger partial charge in [-0.15, -0.1) is 0 Å². The lowest BCUT2D eigenvalue weighted by Gasteiger charge is -2.15. The molecule has 1 aliphatic heterocycles. The lowest BCUT2D eigenvalue weighted by molar-refractivity contribution is -0.141. The number of benzene rings is 1. The summed E-state index contributed by atoms with van der Waals surface area (Å²) >= 11 is 0. The molecule has 1 aliphatic rings. The molecule has 0 radical (unpaired) electrons. The van der Waals surface area contributed by atoms with E-state index in [1.54, 1.807) is 0 Å². The third kappa shape index (κ3) is 4.55. The summed E-state index contributed by atoms with van der Waals surface area (Å²) in [4.78, 5) is 25.8. The number of rotatable bonds is 6. The van der Waals surface area contributed by atoms with Crippen molar-refractivity contribution in [2.24, 2.45) is 5.92 Å². The summed E-state index contributed by atoms with van der Waals surface area (Å²) < 4.78 is 30.0. The van der Waals surface area contributed by atoms with Gasteiger partial charge in [-0.2, -0.15) is 0 Å². The predicted octanol–water partition coefficient (Wildman–Crippen LogP) is 1.27. The van der Waals surface area contributed by atoms with E-state index in [0.29, 0.717) is 5.76 Å². The molecule has 0 unspecified atom stereocenters. The molecule has 8 nitrogen and oxygen atoms in total. The summed E-state index contributed by atoms with van der Waals surface area (Å²) in [6.07, 6.45) is 1.03. The molecule has 9 heteroatoms. The third-order valence-corrected chi connectivity index (χ3v) is 5.20. The fraction of sp³-hybridized carbons (Fsp3) is 0.333. The number of likely N-dealkylation sites (tertiary alicyclic amines) is 1. The van der Waals surface area contributed by atoms with E-state index in [4.69, 9.17) is 4.42 Å². The fourth-order valence-electron chi connectivity index (χ4n) is 3.20. The van der Waals surface area contributed by atoms with Crippen LogP contribution in [-0.2, 0) is 21.4 Å². The fourth-order valence-corrected chi connectivity index (χ4v) is 3.61. The Kier molecular flexibility index (Phi) is 5.33. The Labute approximate surface area is 156 Å². The molecule has 0 spiro atoms. The number of amides is 1. The highest BCUT2D eigenvalue weighted by Gasteiger charge is 2.41. The van der Waals surface area contributed by atoms with Gasteiger partial charge in [0, 0.05) is 19.0 Å². The lowest BCUT2D eigenvalue weighted by Crippen LogP contribution is -2.29. The second-order valence-corrected chi connectivity index (χ2v) is 8.36. The van der Waals surface area contributed by atoms with Crippen molar-refractivity contribution in [2.45, 2.75) is 12.5 Å². The van der Waals surface area contributed by atoms with Crippen LogP contribution in [0.1, 0.15) is 27.8 Å². The summed E-state index contributed by atoms with van der Waals surface area (Å²) in [6.45, 7) is 0.305. The van der Waals surface area contributed by atoms with E-state index in [-0.39, 0.29) is 31.3 Å². The van der Waals surface area contributed by atoms with Crippen LogP contribution in [0.25, 0.3) is 0 Å². The van der Waals surface area contributed by atoms with Gasteiger partial charge in [0.15, 0.2) is 5.76 Å². The summed E-state index contributed by atoms with van der Waals surface area (Å²) in [5.41, 5.74) is 0.873. The second kappa shape index (κ2) is 7.53. The van der Waals surface area contributed by atoms with E-state index < -0.39 is 27.8 Å². The van der Waals surface area contributed by atoms with Crippen LogP contribution in [0, 0.1) is 5.92 Å². The smallest absolute Gasteiger partial charge is 0.308 e. The molecule has 0 bridgehead atoms. The first-order chi connectivity index (χ1) is 12.7. The average Bonchev–Trinajstić information content (AvgIpc) is 3.27. The van der Waals surface area contributed by atoms with Crippen molar-refractivity contribution in [2.75, 3.05) is 19.3 Å². The molecule has 0 aliphatic carbocycles. The van der Waals surface area contributed by atoms with Gasteiger partial charge in [0.25, 0.3) is 5.91 Å². The van der Waals surface area contributed by atoms with Crippen LogP contribution in [0.3, 0.4) is 0 Å². The second-order valence-electron chi connectivity index (χ2n) is 6.53. The van der Waals surface area contributed by atoms with E-state index >= 15 is 0 Å². The third-order valence-electron chi connectivity index (χ3n) is 4.53. The van der Waals surface area contributed by atoms with Crippen LogP contribution in [0.15, 0.2) is 46.9 Å². The SMILES string of the molecule is CS(=O)(=O)NCc1ccc(C(=O)N2C[C@@H](C(=O)O)[C@H](c3ccccc3)C2)o1. The highest BCUT2D eigenvalue weighted by atomic mass is 32.2. The van der Waals surface area contributed by atoms with Crippen LogP contribution < -0.4 is 4.72 Å². The van der Waals surface area contributed by atoms with Crippen molar-refractivity contribution in [3.8, 4) is 0 Å². The molecule has 2 atom stereocenters. The molecular weight excluding hydrogens is 372 g/mol. The summed E-state index contributed by atoms with van der Waals surface area (Å²) in [5.74, 6) is -2.00. The first-order valence-electron chi connectivity index (χ1n) is 8.35. The van der Waals surface area contributed by atoms with Crippen molar-refractivity contribution in [3.63, 3.8) is 0 Å². The Balaban J connectivity index is 1.74. The molecule has 27 heavy (non-hydrogen) atoms. The van der Waals surface area contributed by atoms with Crippen LogP contribution in [0.5, 0.6) is 0 Å². The maximum atomic E-state index is 12.7. The number of nitrogens with zero attached hydrogens (tertiary/aromatic N) is 1. The zero-order chi connectivity index (χ0) is 19.6. The van der Waals surface area contributed by atoms with Gasteiger partial charge >= 0.3 is 5.97 Å². The quantitative estimate of drug-likeness (QED) is 0.765. The molecule has 1 saturated heterocycles. The Morgan fingerprint density at radius 3 is 2.52 bits per heavy atom. The Morgan fingerprint density at radius 2 is 1.89 bits per heavy atom. The van der Waals surface area contributed by atoms with Crippen molar-refractivity contribution in [1.82, 2.24) is 9.62 Å². The lowest BCUT2D eigenvalue weighted by atomic mass is 9.89. The maximum absolute atomic E-state index is 12.7. The van der Waals surface area contributed by atoms with Gasteiger partial charge in [0.2, 0.25) is 10.0 Å². The molecule has 0 saturated carbocycles. The van der Waals surface area contributed by atoms with Gasteiger partial charge in [0.1, 0.15) is 5.76 Å². The van der Waals surface area contributed by atoms with Crippen molar-refractivity contribution in [1.29, 1.82) is 0 Å². The molecule has 2 heterocycles. The van der Waals surface area contributed by atoms with E-state index in [2.05, 4.69) is 4.72 Å². The van der Waals surface area contributed by atoms with Gasteiger partial charge in [-0.05, 0) is 17.7 Å². The minimum absolute atomic E-state index is 0.0538. The molecular formula is C18H20N2O6S. The first-order valence-corrected chi connectivity index (χ1v) is 10.2. The standard InChI is InChI=1S/C18H20N2O6S/c1-27(24,25)19-9-13-7-8-16(26-13)17(21)20-10-14(15(11-20)18(22)23)12-5-3-2-4-6-12/h2-8,14-15,19H,9-11H2,1H3,(H,22,23)/t14-,15+/m0/s1. The van der Waals surface area contributed by atoms with E-state index in [0.717, 1.165) is 11.8 Å². The Morgan fingerprint density at radius 1 is 1.19 bits per heavy atom. The zero-order valence-electron chi connectivity index (χ0n) is 14.7. The van der Waals surface area contributed by atoms with Crippen molar-refractivity contribution in [3.05, 3.63) is 59.5 Å². The number of hydrogen-bond acceptors (Lipinski definition) is 5. The minimum Gasteiger partial charge on any atom is -0.481 e. The largest absolute Gasteiger partial charge is 0.481 e. The van der Waals surface area contributed by atoms with Crippen LogP contribution >= 0.6 is 0 Å². The van der Waals surface area contributed by atoms with Gasteiger partial charge < -0.3 is 14.4 Å². The number of aliphatic carboxylic acids is 1. The number of hydrogen-bond donors (Lipinski definition) is 2. The number of carboxylic acids is 1. The number of carbonyl (C=O) groups excluding carboxylic acids is 1. The first kappa shape index (κ1) is 19.1. The van der Waals surface area contributed by atoms with Crippen LogP contribution in [0.2, 0.25) is 0 Å². The Bertz CT molecular complexity index is 938. The van der Waals surface area contributed by atoms with Crippen molar-refractivity contribution < 1.29 is 27.5 Å². The monoisotopic (exact) mass is 392 g/mol. The Hall–Kier alpha value is -2.65. The molecule has 1 amide bonds. The summed E-state index contributed by atoms with van der Waals surface area (Å²) in [5, 5.41) is 9.54. The number of furan rings is 1. The number of carbonyl (C=O) groups is 2. The average molecular weight is 392 g/mol. The minimum atomic E-state index is -3.37. The summed E-state index contributed by atoms with van der Waals surface area (Å²) in [7, 11) is -3.37. The molecule has 1 aromatic heterocycles. The van der Waals surface area contributed by atoms with Gasteiger partial charge in [-0.1, -0.05) is 30.3 Å². The molecule has 2 N–H and O–H groups in total. The van der Waals surface area contributed by atoms with Crippen LogP contribution in [-0.4, -0.2) is 49.6 Å². The molecule has 2 aromatic rings. The number of carboxylic acid groups (broad SMARTS) is 1. The topological polar surface area (TPSA) is 117 Å². The molecule has 1 fully saturated rings. The highest BCUT2D eigenvalue weighted by molar-refractivity contribution is 7.88. The summed E-state index contributed by atoms with van der Waals surface area (Å²) in [6, 6.07) is 12.2. The zero-order valence-corrected chi connectivity index (χ0v) is 15.5. The predicted molar refractivity (Wildman–Crippen MR) is 96.6 cm³/mol. The number of sulfonamides is 1. The molecule has 1 aromatic carbocycles. The van der Waals surface area contributed by atoms with Crippen molar-refractivity contribution >= 4 is 21.9 Å². The van der Waals surface area contributed by atoms with Crippen LogP contribution in [0.4, 0.5) is 0 Å². The maximum Gasteiger partial charge on any atom is 0.308 e. The van der Waals surface area contributed by atoms with Gasteiger partial charge in [-0.25, -0.2) is 13.1 Å². The van der Waals surface area contributed by atoms with Gasteiger partial charge in [-0.3, -0.25) is 9.59 Å².